The number of anilines is 1. The molecule has 0 fully saturated rings. The van der Waals surface area contributed by atoms with Crippen LogP contribution in [0.2, 0.25) is 0 Å². The fourth-order valence-electron chi connectivity index (χ4n) is 2.28. The third kappa shape index (κ3) is 6.37. The fourth-order valence-corrected chi connectivity index (χ4v) is 3.61. The van der Waals surface area contributed by atoms with E-state index in [4.69, 9.17) is 4.74 Å². The van der Waals surface area contributed by atoms with Crippen LogP contribution < -0.4 is 10.0 Å². The van der Waals surface area contributed by atoms with E-state index in [1.807, 2.05) is 6.92 Å². The maximum absolute atomic E-state index is 13.2. The van der Waals surface area contributed by atoms with Gasteiger partial charge in [-0.3, -0.25) is 4.79 Å². The highest BCUT2D eigenvalue weighted by Gasteiger charge is 2.21. The van der Waals surface area contributed by atoms with Crippen LogP contribution in [0.3, 0.4) is 0 Å². The lowest BCUT2D eigenvalue weighted by Gasteiger charge is -2.14. The van der Waals surface area contributed by atoms with Crippen molar-refractivity contribution in [3.05, 3.63) is 59.9 Å². The van der Waals surface area contributed by atoms with E-state index >= 15 is 0 Å². The molecule has 0 saturated carbocycles. The predicted molar refractivity (Wildman–Crippen MR) is 106 cm³/mol. The number of carbonyl (C=O) groups excluding carboxylic acids is 2. The predicted octanol–water partition coefficient (Wildman–Crippen LogP) is 3.09. The number of hydrogen-bond acceptors (Lipinski definition) is 5. The smallest absolute Gasteiger partial charge is 0.338 e. The molecule has 2 N–H and O–H groups in total. The Hall–Kier alpha value is -2.78. The Morgan fingerprint density at radius 2 is 1.76 bits per heavy atom. The van der Waals surface area contributed by atoms with Gasteiger partial charge in [-0.15, -0.1) is 0 Å². The summed E-state index contributed by atoms with van der Waals surface area (Å²) in [5, 5.41) is 2.45. The van der Waals surface area contributed by atoms with Gasteiger partial charge in [0.1, 0.15) is 5.82 Å². The molecule has 0 heterocycles. The van der Waals surface area contributed by atoms with Gasteiger partial charge in [0.15, 0.2) is 6.10 Å². The van der Waals surface area contributed by atoms with Crippen LogP contribution in [0.1, 0.15) is 37.6 Å². The van der Waals surface area contributed by atoms with Gasteiger partial charge in [-0.05, 0) is 62.7 Å². The van der Waals surface area contributed by atoms with Gasteiger partial charge >= 0.3 is 5.97 Å². The van der Waals surface area contributed by atoms with Gasteiger partial charge in [-0.25, -0.2) is 22.3 Å². The molecule has 9 heteroatoms. The summed E-state index contributed by atoms with van der Waals surface area (Å²) in [7, 11) is -3.69. The summed E-state index contributed by atoms with van der Waals surface area (Å²) in [6, 6.07) is 10.3. The molecule has 29 heavy (non-hydrogen) atoms. The lowest BCUT2D eigenvalue weighted by Crippen LogP contribution is -2.32. The molecule has 2 aromatic carbocycles. The Morgan fingerprint density at radius 3 is 2.34 bits per heavy atom. The highest BCUT2D eigenvalue weighted by atomic mass is 32.2. The number of carbonyl (C=O) groups is 2. The molecule has 2 aromatic rings. The number of amides is 1. The summed E-state index contributed by atoms with van der Waals surface area (Å²) in [6.45, 7) is 4.98. The number of hydrogen-bond donors (Lipinski definition) is 2. The monoisotopic (exact) mass is 422 g/mol. The first kappa shape index (κ1) is 22.5. The molecule has 0 aliphatic heterocycles. The SMILES string of the molecule is CC[C@@H](C)NS(=O)(=O)c1ccc(C(=O)O[C@H](C)C(=O)Nc2cccc(F)c2)cc1. The summed E-state index contributed by atoms with van der Waals surface area (Å²) in [6.07, 6.45) is -0.500. The van der Waals surface area contributed by atoms with Crippen LogP contribution in [0.4, 0.5) is 10.1 Å². The summed E-state index contributed by atoms with van der Waals surface area (Å²) < 4.78 is 45.3. The Morgan fingerprint density at radius 1 is 1.10 bits per heavy atom. The van der Waals surface area contributed by atoms with Crippen LogP contribution >= 0.6 is 0 Å². The Bertz CT molecular complexity index is 977. The van der Waals surface area contributed by atoms with E-state index < -0.39 is 33.8 Å². The lowest BCUT2D eigenvalue weighted by atomic mass is 10.2. The Kier molecular flexibility index (Phi) is 7.46. The van der Waals surface area contributed by atoms with Gasteiger partial charge < -0.3 is 10.1 Å². The number of rotatable bonds is 8. The highest BCUT2D eigenvalue weighted by Crippen LogP contribution is 2.14. The first-order valence-corrected chi connectivity index (χ1v) is 10.5. The van der Waals surface area contributed by atoms with Crippen molar-refractivity contribution in [3.8, 4) is 0 Å². The van der Waals surface area contributed by atoms with E-state index in [9.17, 15) is 22.4 Å². The number of ether oxygens (including phenoxy) is 1. The van der Waals surface area contributed by atoms with Crippen LogP contribution in [0.5, 0.6) is 0 Å². The van der Waals surface area contributed by atoms with Crippen molar-refractivity contribution in [2.45, 2.75) is 44.2 Å². The van der Waals surface area contributed by atoms with Crippen molar-refractivity contribution in [2.75, 3.05) is 5.32 Å². The first-order chi connectivity index (χ1) is 13.6. The zero-order valence-corrected chi connectivity index (χ0v) is 17.1. The quantitative estimate of drug-likeness (QED) is 0.637. The van der Waals surface area contributed by atoms with E-state index in [-0.39, 0.29) is 22.2 Å². The van der Waals surface area contributed by atoms with Crippen molar-refractivity contribution in [3.63, 3.8) is 0 Å². The summed E-state index contributed by atoms with van der Waals surface area (Å²) in [4.78, 5) is 24.4. The van der Waals surface area contributed by atoms with Crippen molar-refractivity contribution >= 4 is 27.6 Å². The van der Waals surface area contributed by atoms with E-state index in [2.05, 4.69) is 10.0 Å². The number of halogens is 1. The molecule has 0 unspecified atom stereocenters. The maximum Gasteiger partial charge on any atom is 0.338 e. The zero-order chi connectivity index (χ0) is 21.6. The minimum absolute atomic E-state index is 0.0197. The molecule has 0 aliphatic carbocycles. The minimum Gasteiger partial charge on any atom is -0.449 e. The van der Waals surface area contributed by atoms with Gasteiger partial charge in [-0.1, -0.05) is 13.0 Å². The van der Waals surface area contributed by atoms with Crippen LogP contribution in [0, 0.1) is 5.82 Å². The van der Waals surface area contributed by atoms with E-state index in [1.54, 1.807) is 6.92 Å². The molecule has 1 amide bonds. The van der Waals surface area contributed by atoms with Gasteiger partial charge in [0.25, 0.3) is 5.91 Å². The molecule has 0 radical (unpaired) electrons. The van der Waals surface area contributed by atoms with Crippen LogP contribution in [-0.4, -0.2) is 32.4 Å². The van der Waals surface area contributed by atoms with Gasteiger partial charge in [-0.2, -0.15) is 0 Å². The third-order valence-electron chi connectivity index (χ3n) is 4.11. The fraction of sp³-hybridized carbons (Fsp3) is 0.300. The van der Waals surface area contributed by atoms with Gasteiger partial charge in [0.05, 0.1) is 10.5 Å². The van der Waals surface area contributed by atoms with Crippen LogP contribution in [0.25, 0.3) is 0 Å². The molecule has 0 bridgehead atoms. The molecular formula is C20H23FN2O5S. The lowest BCUT2D eigenvalue weighted by molar-refractivity contribution is -0.123. The molecule has 0 saturated heterocycles. The summed E-state index contributed by atoms with van der Waals surface area (Å²) >= 11 is 0. The average molecular weight is 422 g/mol. The Balaban J connectivity index is 2.00. The number of nitrogens with one attached hydrogen (secondary N) is 2. The second-order valence-corrected chi connectivity index (χ2v) is 8.22. The van der Waals surface area contributed by atoms with E-state index in [1.165, 1.54) is 49.4 Å². The maximum atomic E-state index is 13.2. The largest absolute Gasteiger partial charge is 0.449 e. The number of esters is 1. The minimum atomic E-state index is -3.69. The number of benzene rings is 2. The molecule has 0 aliphatic rings. The van der Waals surface area contributed by atoms with Crippen LogP contribution in [-0.2, 0) is 19.6 Å². The highest BCUT2D eigenvalue weighted by molar-refractivity contribution is 7.89. The standard InChI is InChI=1S/C20H23FN2O5S/c1-4-13(2)23-29(26,27)18-10-8-15(9-11-18)20(25)28-14(3)19(24)22-17-7-5-6-16(21)12-17/h5-14,23H,4H2,1-3H3,(H,22,24)/t13-,14-/m1/s1. The third-order valence-corrected chi connectivity index (χ3v) is 5.72. The second kappa shape index (κ2) is 9.62. The normalized spacial score (nSPS) is 13.4. The van der Waals surface area contributed by atoms with Crippen molar-refractivity contribution < 1.29 is 27.1 Å². The van der Waals surface area contributed by atoms with Crippen LogP contribution in [0.15, 0.2) is 53.4 Å². The number of sulfonamides is 1. The summed E-state index contributed by atoms with van der Waals surface area (Å²) in [5.41, 5.74) is 0.333. The Labute approximate surface area is 169 Å². The summed E-state index contributed by atoms with van der Waals surface area (Å²) in [5.74, 6) is -1.92. The molecule has 0 aromatic heterocycles. The first-order valence-electron chi connectivity index (χ1n) is 9.02. The average Bonchev–Trinajstić information content (AvgIpc) is 2.67. The molecule has 0 spiro atoms. The van der Waals surface area contributed by atoms with E-state index in [0.717, 1.165) is 6.07 Å². The topological polar surface area (TPSA) is 102 Å². The van der Waals surface area contributed by atoms with Gasteiger partial charge in [0, 0.05) is 11.7 Å². The van der Waals surface area contributed by atoms with Crippen molar-refractivity contribution in [2.24, 2.45) is 0 Å². The molecule has 7 nitrogen and oxygen atoms in total. The van der Waals surface area contributed by atoms with Gasteiger partial charge in [0.2, 0.25) is 10.0 Å². The molecule has 156 valence electrons. The van der Waals surface area contributed by atoms with E-state index in [0.29, 0.717) is 6.42 Å². The van der Waals surface area contributed by atoms with Crippen molar-refractivity contribution in [1.82, 2.24) is 4.72 Å². The van der Waals surface area contributed by atoms with Crippen molar-refractivity contribution in [1.29, 1.82) is 0 Å². The second-order valence-electron chi connectivity index (χ2n) is 6.50. The molecular weight excluding hydrogens is 399 g/mol. The molecule has 2 rings (SSSR count). The molecule has 2 atom stereocenters. The zero-order valence-electron chi connectivity index (χ0n) is 16.3.